The van der Waals surface area contributed by atoms with E-state index >= 15 is 0 Å². The number of benzene rings is 1. The third-order valence-corrected chi connectivity index (χ3v) is 6.20. The van der Waals surface area contributed by atoms with E-state index in [4.69, 9.17) is 9.15 Å². The van der Waals surface area contributed by atoms with Gasteiger partial charge in [0.25, 0.3) is 5.91 Å². The molecule has 1 aliphatic carbocycles. The Bertz CT molecular complexity index is 1320. The van der Waals surface area contributed by atoms with Crippen LogP contribution in [0.25, 0.3) is 15.9 Å². The number of hydrogen-bond donors (Lipinski definition) is 1. The standard InChI is InChI=1S/C21H20N4O4S/c1-11-17(7-6-15-14-4-3-5-16(14)20(27)29-19(11)15)28-10-18(26)22-8-13-9-25-21(23-13)30-12(2)24-25/h6-7,9H,3-5,8,10H2,1-2H3,(H,22,26). The molecule has 0 atom stereocenters. The molecule has 0 aliphatic heterocycles. The predicted molar refractivity (Wildman–Crippen MR) is 112 cm³/mol. The van der Waals surface area contributed by atoms with E-state index in [1.807, 2.05) is 26.0 Å². The third-order valence-electron chi connectivity index (χ3n) is 5.36. The van der Waals surface area contributed by atoms with Crippen molar-refractivity contribution in [3.8, 4) is 5.75 Å². The number of aryl methyl sites for hydroxylation is 3. The maximum Gasteiger partial charge on any atom is 0.339 e. The van der Waals surface area contributed by atoms with Crippen molar-refractivity contribution in [3.63, 3.8) is 0 Å². The normalized spacial score (nSPS) is 13.1. The molecule has 1 amide bonds. The number of nitrogens with one attached hydrogen (secondary N) is 1. The molecule has 30 heavy (non-hydrogen) atoms. The summed E-state index contributed by atoms with van der Waals surface area (Å²) >= 11 is 1.50. The maximum absolute atomic E-state index is 12.3. The van der Waals surface area contributed by atoms with Crippen molar-refractivity contribution in [1.29, 1.82) is 0 Å². The molecule has 0 unspecified atom stereocenters. The van der Waals surface area contributed by atoms with Crippen LogP contribution in [0.1, 0.15) is 33.8 Å². The van der Waals surface area contributed by atoms with Crippen molar-refractivity contribution in [3.05, 3.63) is 56.1 Å². The fourth-order valence-electron chi connectivity index (χ4n) is 3.93. The summed E-state index contributed by atoms with van der Waals surface area (Å²) in [5.74, 6) is 0.270. The highest BCUT2D eigenvalue weighted by Gasteiger charge is 2.21. The first-order valence-corrected chi connectivity index (χ1v) is 10.6. The summed E-state index contributed by atoms with van der Waals surface area (Å²) in [6.45, 7) is 3.92. The molecule has 0 spiro atoms. The number of fused-ring (bicyclic) bond motifs is 4. The summed E-state index contributed by atoms with van der Waals surface area (Å²) < 4.78 is 13.0. The number of rotatable bonds is 5. The van der Waals surface area contributed by atoms with E-state index in [9.17, 15) is 9.59 Å². The average molecular weight is 424 g/mol. The van der Waals surface area contributed by atoms with Crippen molar-refractivity contribution in [2.75, 3.05) is 6.61 Å². The van der Waals surface area contributed by atoms with Gasteiger partial charge >= 0.3 is 5.63 Å². The molecule has 0 saturated carbocycles. The molecule has 5 rings (SSSR count). The number of ether oxygens (including phenoxy) is 1. The zero-order valence-electron chi connectivity index (χ0n) is 16.7. The van der Waals surface area contributed by atoms with E-state index in [-0.39, 0.29) is 18.1 Å². The first kappa shape index (κ1) is 18.8. The lowest BCUT2D eigenvalue weighted by molar-refractivity contribution is -0.123. The summed E-state index contributed by atoms with van der Waals surface area (Å²) in [7, 11) is 0. The lowest BCUT2D eigenvalue weighted by atomic mass is 10.0. The second-order valence-corrected chi connectivity index (χ2v) is 8.57. The highest BCUT2D eigenvalue weighted by atomic mass is 32.1. The quantitative estimate of drug-likeness (QED) is 0.495. The van der Waals surface area contributed by atoms with Crippen LogP contribution in [0.5, 0.6) is 5.75 Å². The van der Waals surface area contributed by atoms with E-state index < -0.39 is 0 Å². The van der Waals surface area contributed by atoms with Crippen LogP contribution in [0.15, 0.2) is 27.5 Å². The highest BCUT2D eigenvalue weighted by Crippen LogP contribution is 2.32. The zero-order chi connectivity index (χ0) is 20.8. The second-order valence-electron chi connectivity index (χ2n) is 7.41. The highest BCUT2D eigenvalue weighted by molar-refractivity contribution is 7.16. The first-order valence-electron chi connectivity index (χ1n) is 9.79. The van der Waals surface area contributed by atoms with Crippen molar-refractivity contribution in [1.82, 2.24) is 19.9 Å². The van der Waals surface area contributed by atoms with Crippen LogP contribution in [0, 0.1) is 13.8 Å². The molecule has 1 aromatic carbocycles. The molecule has 1 aliphatic rings. The van der Waals surface area contributed by atoms with Gasteiger partial charge in [0.15, 0.2) is 6.61 Å². The average Bonchev–Trinajstić information content (AvgIpc) is 3.41. The number of carbonyl (C=O) groups excluding carboxylic acids is 1. The molecule has 0 fully saturated rings. The van der Waals surface area contributed by atoms with Crippen LogP contribution in [0.3, 0.4) is 0 Å². The molecule has 0 radical (unpaired) electrons. The Labute approximate surface area is 175 Å². The van der Waals surface area contributed by atoms with Gasteiger partial charge in [-0.25, -0.2) is 14.3 Å². The lowest BCUT2D eigenvalue weighted by Crippen LogP contribution is -2.28. The van der Waals surface area contributed by atoms with Crippen molar-refractivity contribution in [2.45, 2.75) is 39.7 Å². The molecule has 8 nitrogen and oxygen atoms in total. The minimum atomic E-state index is -0.266. The molecular weight excluding hydrogens is 404 g/mol. The van der Waals surface area contributed by atoms with Crippen LogP contribution < -0.4 is 15.7 Å². The predicted octanol–water partition coefficient (Wildman–Crippen LogP) is 2.70. The molecule has 1 N–H and O–H groups in total. The number of aromatic nitrogens is 3. The molecule has 3 aromatic heterocycles. The van der Waals surface area contributed by atoms with E-state index in [2.05, 4.69) is 15.4 Å². The van der Waals surface area contributed by atoms with Gasteiger partial charge in [-0.05, 0) is 50.8 Å². The van der Waals surface area contributed by atoms with Gasteiger partial charge in [0, 0.05) is 16.5 Å². The van der Waals surface area contributed by atoms with Gasteiger partial charge in [-0.3, -0.25) is 4.79 Å². The van der Waals surface area contributed by atoms with Gasteiger partial charge in [0.2, 0.25) is 4.96 Å². The first-order chi connectivity index (χ1) is 14.5. The maximum atomic E-state index is 12.3. The lowest BCUT2D eigenvalue weighted by Gasteiger charge is -2.12. The van der Waals surface area contributed by atoms with Gasteiger partial charge in [0.05, 0.1) is 18.4 Å². The second kappa shape index (κ2) is 7.24. The van der Waals surface area contributed by atoms with E-state index in [1.165, 1.54) is 11.3 Å². The molecule has 0 bridgehead atoms. The van der Waals surface area contributed by atoms with Crippen molar-refractivity contribution in [2.24, 2.45) is 0 Å². The number of carbonyl (C=O) groups is 1. The van der Waals surface area contributed by atoms with Gasteiger partial charge in [-0.15, -0.1) is 0 Å². The van der Waals surface area contributed by atoms with Crippen molar-refractivity contribution < 1.29 is 13.9 Å². The molecular formula is C21H20N4O4S. The summed E-state index contributed by atoms with van der Waals surface area (Å²) in [6.07, 6.45) is 4.44. The molecule has 9 heteroatoms. The summed E-state index contributed by atoms with van der Waals surface area (Å²) in [6, 6.07) is 3.75. The fourth-order valence-corrected chi connectivity index (χ4v) is 4.68. The summed E-state index contributed by atoms with van der Waals surface area (Å²) in [5, 5.41) is 9.00. The smallest absolute Gasteiger partial charge is 0.339 e. The monoisotopic (exact) mass is 424 g/mol. The third kappa shape index (κ3) is 3.24. The van der Waals surface area contributed by atoms with Crippen LogP contribution in [-0.2, 0) is 24.2 Å². The van der Waals surface area contributed by atoms with E-state index in [1.54, 1.807) is 10.7 Å². The Morgan fingerprint density at radius 1 is 1.30 bits per heavy atom. The fraction of sp³-hybridized carbons (Fsp3) is 0.333. The largest absolute Gasteiger partial charge is 0.483 e. The minimum absolute atomic E-state index is 0.138. The zero-order valence-corrected chi connectivity index (χ0v) is 17.5. The Morgan fingerprint density at radius 3 is 2.97 bits per heavy atom. The SMILES string of the molecule is Cc1nn2cc(CNC(=O)COc3ccc4c5c(c(=O)oc4c3C)CCC5)nc2s1. The number of imidazole rings is 1. The molecule has 0 saturated heterocycles. The van der Waals surface area contributed by atoms with Crippen LogP contribution in [-0.4, -0.2) is 27.1 Å². The summed E-state index contributed by atoms with van der Waals surface area (Å²) in [4.78, 5) is 29.7. The topological polar surface area (TPSA) is 98.7 Å². The van der Waals surface area contributed by atoms with E-state index in [0.717, 1.165) is 57.0 Å². The van der Waals surface area contributed by atoms with Crippen LogP contribution in [0.2, 0.25) is 0 Å². The van der Waals surface area contributed by atoms with Gasteiger partial charge < -0.3 is 14.5 Å². The van der Waals surface area contributed by atoms with E-state index in [0.29, 0.717) is 17.9 Å². The Morgan fingerprint density at radius 2 is 2.13 bits per heavy atom. The summed E-state index contributed by atoms with van der Waals surface area (Å²) in [5.41, 5.74) is 3.61. The number of amides is 1. The Kier molecular flexibility index (Phi) is 4.54. The number of hydrogen-bond acceptors (Lipinski definition) is 7. The molecule has 154 valence electrons. The molecule has 4 aromatic rings. The van der Waals surface area contributed by atoms with Crippen LogP contribution >= 0.6 is 11.3 Å². The minimum Gasteiger partial charge on any atom is -0.483 e. The van der Waals surface area contributed by atoms with Gasteiger partial charge in [0.1, 0.15) is 16.3 Å². The Balaban J connectivity index is 1.27. The van der Waals surface area contributed by atoms with Gasteiger partial charge in [-0.1, -0.05) is 11.3 Å². The van der Waals surface area contributed by atoms with Gasteiger partial charge in [-0.2, -0.15) is 5.10 Å². The Hall–Kier alpha value is -3.20. The van der Waals surface area contributed by atoms with Crippen LogP contribution in [0.4, 0.5) is 0 Å². The molecule has 3 heterocycles. The van der Waals surface area contributed by atoms with Crippen molar-refractivity contribution >= 4 is 33.2 Å². The number of nitrogens with zero attached hydrogens (tertiary/aromatic N) is 3.